The monoisotopic (exact) mass is 255 g/mol. The Morgan fingerprint density at radius 1 is 1.65 bits per heavy atom. The summed E-state index contributed by atoms with van der Waals surface area (Å²) in [6, 6.07) is -0.285. The molecule has 0 aliphatic carbocycles. The van der Waals surface area contributed by atoms with Crippen LogP contribution in [-0.4, -0.2) is 46.5 Å². The van der Waals surface area contributed by atoms with E-state index in [1.54, 1.807) is 18.9 Å². The van der Waals surface area contributed by atoms with Crippen LogP contribution in [0.3, 0.4) is 0 Å². The maximum absolute atomic E-state index is 11.7. The zero-order valence-corrected chi connectivity index (χ0v) is 10.4. The Hall–Kier alpha value is -1.63. The summed E-state index contributed by atoms with van der Waals surface area (Å²) in [5, 5.41) is 12.4. The molecular weight excluding hydrogens is 242 g/mol. The second kappa shape index (κ2) is 4.33. The van der Waals surface area contributed by atoms with Gasteiger partial charge in [0.1, 0.15) is 10.9 Å². The number of carboxylic acid groups (broad SMARTS) is 1. The highest BCUT2D eigenvalue weighted by atomic mass is 32.1. The van der Waals surface area contributed by atoms with Gasteiger partial charge in [-0.25, -0.2) is 9.78 Å². The van der Waals surface area contributed by atoms with Gasteiger partial charge >= 0.3 is 5.97 Å². The van der Waals surface area contributed by atoms with Gasteiger partial charge in [-0.05, 0) is 13.3 Å². The number of aryl methyl sites for hydroxylation is 1. The third kappa shape index (κ3) is 2.23. The molecule has 6 nitrogen and oxygen atoms in total. The minimum atomic E-state index is -0.983. The van der Waals surface area contributed by atoms with E-state index < -0.39 is 5.97 Å². The maximum atomic E-state index is 11.7. The first-order valence-electron chi connectivity index (χ1n) is 5.21. The van der Waals surface area contributed by atoms with E-state index in [1.165, 1.54) is 0 Å². The van der Waals surface area contributed by atoms with Gasteiger partial charge in [-0.3, -0.25) is 4.79 Å². The van der Waals surface area contributed by atoms with Gasteiger partial charge in [0, 0.05) is 13.6 Å². The fraction of sp³-hybridized carbons (Fsp3) is 0.500. The number of rotatable bonds is 3. The summed E-state index contributed by atoms with van der Waals surface area (Å²) >= 11 is 1.07. The maximum Gasteiger partial charge on any atom is 0.347 e. The Bertz CT molecular complexity index is 471. The average Bonchev–Trinajstić information content (AvgIpc) is 2.76. The van der Waals surface area contributed by atoms with E-state index in [2.05, 4.69) is 10.3 Å². The summed E-state index contributed by atoms with van der Waals surface area (Å²) in [5.74, 6) is -0.961. The Kier molecular flexibility index (Phi) is 3.01. The SMILES string of the molecule is Cc1nc(NC2CCN(C)C2=O)sc1C(=O)O. The van der Waals surface area contributed by atoms with Crippen LogP contribution in [0.5, 0.6) is 0 Å². The molecule has 1 saturated heterocycles. The molecule has 1 unspecified atom stereocenters. The van der Waals surface area contributed by atoms with Crippen molar-refractivity contribution in [2.75, 3.05) is 18.9 Å². The van der Waals surface area contributed by atoms with E-state index in [-0.39, 0.29) is 16.8 Å². The number of likely N-dealkylation sites (N-methyl/N-ethyl adjacent to an activating group) is 1. The van der Waals surface area contributed by atoms with Crippen molar-refractivity contribution in [1.29, 1.82) is 0 Å². The summed E-state index contributed by atoms with van der Waals surface area (Å²) in [7, 11) is 1.75. The van der Waals surface area contributed by atoms with Crippen LogP contribution >= 0.6 is 11.3 Å². The van der Waals surface area contributed by atoms with Crippen LogP contribution in [0.15, 0.2) is 0 Å². The molecular formula is C10H13N3O3S. The van der Waals surface area contributed by atoms with Gasteiger partial charge in [-0.1, -0.05) is 11.3 Å². The summed E-state index contributed by atoms with van der Waals surface area (Å²) in [5.41, 5.74) is 0.476. The van der Waals surface area contributed by atoms with Crippen LogP contribution < -0.4 is 5.32 Å². The molecule has 1 fully saturated rings. The number of amides is 1. The Morgan fingerprint density at radius 3 is 2.82 bits per heavy atom. The lowest BCUT2D eigenvalue weighted by molar-refractivity contribution is -0.127. The molecule has 2 rings (SSSR count). The highest BCUT2D eigenvalue weighted by molar-refractivity contribution is 7.17. The highest BCUT2D eigenvalue weighted by Crippen LogP contribution is 2.24. The molecule has 1 aromatic rings. The van der Waals surface area contributed by atoms with E-state index in [1.807, 2.05) is 0 Å². The predicted octanol–water partition coefficient (Wildman–Crippen LogP) is 0.792. The van der Waals surface area contributed by atoms with Gasteiger partial charge < -0.3 is 15.3 Å². The van der Waals surface area contributed by atoms with Gasteiger partial charge in [-0.15, -0.1) is 0 Å². The fourth-order valence-electron chi connectivity index (χ4n) is 1.76. The molecule has 1 aliphatic heterocycles. The van der Waals surface area contributed by atoms with Crippen LogP contribution in [0.1, 0.15) is 21.8 Å². The highest BCUT2D eigenvalue weighted by Gasteiger charge is 2.29. The number of likely N-dealkylation sites (tertiary alicyclic amines) is 1. The Labute approximate surface area is 102 Å². The first-order chi connectivity index (χ1) is 7.99. The summed E-state index contributed by atoms with van der Waals surface area (Å²) in [4.78, 5) is 28.5. The zero-order valence-electron chi connectivity index (χ0n) is 9.56. The van der Waals surface area contributed by atoms with Crippen molar-refractivity contribution in [1.82, 2.24) is 9.88 Å². The summed E-state index contributed by atoms with van der Waals surface area (Å²) < 4.78 is 0. The molecule has 0 radical (unpaired) electrons. The number of carbonyl (C=O) groups is 2. The van der Waals surface area contributed by atoms with Crippen LogP contribution in [-0.2, 0) is 4.79 Å². The number of nitrogens with zero attached hydrogens (tertiary/aromatic N) is 2. The molecule has 0 spiro atoms. The number of hydrogen-bond donors (Lipinski definition) is 2. The molecule has 0 saturated carbocycles. The van der Waals surface area contributed by atoms with Crippen LogP contribution in [0.25, 0.3) is 0 Å². The van der Waals surface area contributed by atoms with E-state index in [9.17, 15) is 9.59 Å². The largest absolute Gasteiger partial charge is 0.477 e. The number of hydrogen-bond acceptors (Lipinski definition) is 5. The smallest absolute Gasteiger partial charge is 0.347 e. The number of carboxylic acids is 1. The van der Waals surface area contributed by atoms with Gasteiger partial charge in [0.2, 0.25) is 5.91 Å². The van der Waals surface area contributed by atoms with Crippen molar-refractivity contribution in [3.05, 3.63) is 10.6 Å². The molecule has 92 valence electrons. The average molecular weight is 255 g/mol. The van der Waals surface area contributed by atoms with Crippen LogP contribution in [0.2, 0.25) is 0 Å². The normalized spacial score (nSPS) is 19.8. The van der Waals surface area contributed by atoms with E-state index >= 15 is 0 Å². The number of nitrogens with one attached hydrogen (secondary N) is 1. The van der Waals surface area contributed by atoms with Crippen molar-refractivity contribution in [3.8, 4) is 0 Å². The molecule has 2 N–H and O–H groups in total. The fourth-order valence-corrected chi connectivity index (χ4v) is 2.62. The first kappa shape index (κ1) is 11.8. The summed E-state index contributed by atoms with van der Waals surface area (Å²) in [6.45, 7) is 2.36. The van der Waals surface area contributed by atoms with Gasteiger partial charge in [-0.2, -0.15) is 0 Å². The van der Waals surface area contributed by atoms with Crippen molar-refractivity contribution in [2.24, 2.45) is 0 Å². The van der Waals surface area contributed by atoms with Crippen molar-refractivity contribution in [2.45, 2.75) is 19.4 Å². The van der Waals surface area contributed by atoms with Crippen molar-refractivity contribution in [3.63, 3.8) is 0 Å². The van der Waals surface area contributed by atoms with Crippen molar-refractivity contribution < 1.29 is 14.7 Å². The zero-order chi connectivity index (χ0) is 12.6. The molecule has 2 heterocycles. The van der Waals surface area contributed by atoms with Crippen LogP contribution in [0, 0.1) is 6.92 Å². The number of anilines is 1. The number of thiazole rings is 1. The van der Waals surface area contributed by atoms with E-state index in [4.69, 9.17) is 5.11 Å². The number of carbonyl (C=O) groups excluding carboxylic acids is 1. The molecule has 1 atom stereocenters. The second-order valence-corrected chi connectivity index (χ2v) is 4.98. The molecule has 1 aromatic heterocycles. The Morgan fingerprint density at radius 2 is 2.35 bits per heavy atom. The lowest BCUT2D eigenvalue weighted by atomic mass is 10.2. The van der Waals surface area contributed by atoms with Crippen molar-refractivity contribution >= 4 is 28.3 Å². The third-order valence-corrected chi connectivity index (χ3v) is 3.79. The summed E-state index contributed by atoms with van der Waals surface area (Å²) in [6.07, 6.45) is 0.719. The van der Waals surface area contributed by atoms with Gasteiger partial charge in [0.15, 0.2) is 5.13 Å². The van der Waals surface area contributed by atoms with E-state index in [0.29, 0.717) is 17.4 Å². The third-order valence-electron chi connectivity index (χ3n) is 2.72. The minimum absolute atomic E-state index is 0.0229. The Balaban J connectivity index is 2.12. The van der Waals surface area contributed by atoms with Gasteiger partial charge in [0.25, 0.3) is 0 Å². The number of aromatic carboxylic acids is 1. The molecule has 0 aromatic carbocycles. The standard InChI is InChI=1S/C10H13N3O3S/c1-5-7(9(15)16)17-10(11-5)12-6-3-4-13(2)8(6)14/h6H,3-4H2,1-2H3,(H,11,12)(H,15,16). The molecule has 1 aliphatic rings. The van der Waals surface area contributed by atoms with Crippen LogP contribution in [0.4, 0.5) is 5.13 Å². The quantitative estimate of drug-likeness (QED) is 0.834. The molecule has 1 amide bonds. The number of aromatic nitrogens is 1. The second-order valence-electron chi connectivity index (χ2n) is 3.98. The predicted molar refractivity (Wildman–Crippen MR) is 63.5 cm³/mol. The lowest BCUT2D eigenvalue weighted by Gasteiger charge is -2.10. The topological polar surface area (TPSA) is 82.5 Å². The molecule has 0 bridgehead atoms. The molecule has 7 heteroatoms. The first-order valence-corrected chi connectivity index (χ1v) is 6.03. The van der Waals surface area contributed by atoms with Gasteiger partial charge in [0.05, 0.1) is 5.69 Å². The van der Waals surface area contributed by atoms with E-state index in [0.717, 1.165) is 17.8 Å². The minimum Gasteiger partial charge on any atom is -0.477 e. The molecule has 17 heavy (non-hydrogen) atoms. The lowest BCUT2D eigenvalue weighted by Crippen LogP contribution is -2.30.